The highest BCUT2D eigenvalue weighted by Gasteiger charge is 2.18. The number of methoxy groups -OCH3 is 1. The van der Waals surface area contributed by atoms with Crippen LogP contribution in [0.2, 0.25) is 5.02 Å². The smallest absolute Gasteiger partial charge is 0.322 e. The zero-order valence-corrected chi connectivity index (χ0v) is 14.1. The third-order valence-corrected chi connectivity index (χ3v) is 4.30. The quantitative estimate of drug-likeness (QED) is 0.508. The fourth-order valence-corrected chi connectivity index (χ4v) is 2.52. The van der Waals surface area contributed by atoms with Crippen molar-refractivity contribution in [3.05, 3.63) is 22.7 Å². The lowest BCUT2D eigenvalue weighted by Gasteiger charge is -2.12. The summed E-state index contributed by atoms with van der Waals surface area (Å²) >= 11 is 5.89. The molecular weight excluding hydrogens is 348 g/mol. The number of ether oxygens (including phenoxy) is 1. The predicted octanol–water partition coefficient (Wildman–Crippen LogP) is 1.11. The normalized spacial score (nSPS) is 12.6. The monoisotopic (exact) mass is 364 g/mol. The number of rotatable bonds is 6. The lowest BCUT2D eigenvalue weighted by molar-refractivity contribution is -0.142. The number of carbonyl (C=O) groups excluding carboxylic acids is 2. The van der Waals surface area contributed by atoms with E-state index in [2.05, 4.69) is 10.1 Å². The van der Waals surface area contributed by atoms with Crippen molar-refractivity contribution in [1.29, 1.82) is 0 Å². The SMILES string of the molecule is COC(=O)[C@@H](N)CCC(=O)Nc1cc(S(=O)(=O)O)cc(Cl)c1C. The van der Waals surface area contributed by atoms with Crippen molar-refractivity contribution in [2.24, 2.45) is 5.73 Å². The number of nitrogens with one attached hydrogen (secondary N) is 1. The first-order valence-corrected chi connectivity index (χ1v) is 8.29. The summed E-state index contributed by atoms with van der Waals surface area (Å²) in [6.45, 7) is 1.58. The zero-order chi connectivity index (χ0) is 17.8. The minimum Gasteiger partial charge on any atom is -0.468 e. The molecule has 0 spiro atoms. The van der Waals surface area contributed by atoms with Crippen LogP contribution in [0.3, 0.4) is 0 Å². The fraction of sp³-hybridized carbons (Fsp3) is 0.385. The van der Waals surface area contributed by atoms with Crippen LogP contribution in [0.15, 0.2) is 17.0 Å². The average molecular weight is 365 g/mol. The Morgan fingerprint density at radius 3 is 2.57 bits per heavy atom. The number of carbonyl (C=O) groups is 2. The second-order valence-electron chi connectivity index (χ2n) is 4.77. The van der Waals surface area contributed by atoms with Gasteiger partial charge >= 0.3 is 5.97 Å². The molecule has 0 radical (unpaired) electrons. The molecule has 8 nitrogen and oxygen atoms in total. The number of hydrogen-bond donors (Lipinski definition) is 3. The summed E-state index contributed by atoms with van der Waals surface area (Å²) in [6, 6.07) is 1.24. The molecule has 1 rings (SSSR count). The first-order chi connectivity index (χ1) is 10.6. The van der Waals surface area contributed by atoms with Crippen LogP contribution in [0.4, 0.5) is 5.69 Å². The molecule has 1 atom stereocenters. The topological polar surface area (TPSA) is 136 Å². The van der Waals surface area contributed by atoms with Gasteiger partial charge in [-0.05, 0) is 31.0 Å². The second-order valence-corrected chi connectivity index (χ2v) is 6.60. The van der Waals surface area contributed by atoms with Gasteiger partial charge in [0.15, 0.2) is 0 Å². The van der Waals surface area contributed by atoms with Crippen LogP contribution in [0.5, 0.6) is 0 Å². The van der Waals surface area contributed by atoms with Gasteiger partial charge in [0, 0.05) is 17.1 Å². The second kappa shape index (κ2) is 7.73. The zero-order valence-electron chi connectivity index (χ0n) is 12.5. The summed E-state index contributed by atoms with van der Waals surface area (Å²) in [7, 11) is -3.27. The van der Waals surface area contributed by atoms with E-state index < -0.39 is 32.9 Å². The van der Waals surface area contributed by atoms with Gasteiger partial charge < -0.3 is 15.8 Å². The van der Waals surface area contributed by atoms with E-state index in [0.717, 1.165) is 12.1 Å². The standard InChI is InChI=1S/C13H17ClN2O6S/c1-7-9(14)5-8(23(19,20)21)6-11(7)16-12(17)4-3-10(15)13(18)22-2/h5-6,10H,3-4,15H2,1-2H3,(H,16,17)(H,19,20,21)/t10-/m0/s1. The highest BCUT2D eigenvalue weighted by Crippen LogP contribution is 2.28. The molecule has 1 amide bonds. The maximum absolute atomic E-state index is 11.9. The minimum atomic E-state index is -4.46. The Kier molecular flexibility index (Phi) is 6.51. The van der Waals surface area contributed by atoms with Crippen molar-refractivity contribution < 1.29 is 27.3 Å². The molecule has 0 aliphatic heterocycles. The molecule has 0 aliphatic carbocycles. The molecule has 10 heteroatoms. The van der Waals surface area contributed by atoms with Gasteiger partial charge in [-0.2, -0.15) is 8.42 Å². The van der Waals surface area contributed by atoms with Crippen LogP contribution in [0.25, 0.3) is 0 Å². The molecule has 0 aliphatic rings. The maximum atomic E-state index is 11.9. The Morgan fingerprint density at radius 1 is 1.43 bits per heavy atom. The summed E-state index contributed by atoms with van der Waals surface area (Å²) in [4.78, 5) is 22.6. The Balaban J connectivity index is 2.86. The molecule has 128 valence electrons. The van der Waals surface area contributed by atoms with Gasteiger partial charge in [0.2, 0.25) is 5.91 Å². The third kappa shape index (κ3) is 5.47. The van der Waals surface area contributed by atoms with Crippen LogP contribution in [0.1, 0.15) is 18.4 Å². The van der Waals surface area contributed by atoms with Crippen molar-refractivity contribution in [1.82, 2.24) is 0 Å². The van der Waals surface area contributed by atoms with Crippen LogP contribution in [0, 0.1) is 6.92 Å². The van der Waals surface area contributed by atoms with Crippen LogP contribution in [-0.4, -0.2) is 38.0 Å². The molecule has 0 aromatic heterocycles. The van der Waals surface area contributed by atoms with Crippen LogP contribution < -0.4 is 11.1 Å². The predicted molar refractivity (Wildman–Crippen MR) is 83.9 cm³/mol. The van der Waals surface area contributed by atoms with E-state index in [4.69, 9.17) is 21.9 Å². The first kappa shape index (κ1) is 19.4. The molecule has 0 saturated heterocycles. The summed E-state index contributed by atoms with van der Waals surface area (Å²) in [5, 5.41) is 2.54. The molecule has 4 N–H and O–H groups in total. The van der Waals surface area contributed by atoms with Gasteiger partial charge in [-0.3, -0.25) is 14.1 Å². The number of hydrogen-bond acceptors (Lipinski definition) is 6. The first-order valence-electron chi connectivity index (χ1n) is 6.47. The lowest BCUT2D eigenvalue weighted by Crippen LogP contribution is -2.32. The van der Waals surface area contributed by atoms with Gasteiger partial charge in [-0.25, -0.2) is 0 Å². The Labute approximate surface area is 138 Å². The van der Waals surface area contributed by atoms with E-state index in [9.17, 15) is 18.0 Å². The molecular formula is C13H17ClN2O6S. The molecule has 0 unspecified atom stereocenters. The third-order valence-electron chi connectivity index (χ3n) is 3.08. The molecule has 0 bridgehead atoms. The number of nitrogens with two attached hydrogens (primary N) is 1. The van der Waals surface area contributed by atoms with E-state index >= 15 is 0 Å². The summed E-state index contributed by atoms with van der Waals surface area (Å²) in [5.41, 5.74) is 6.09. The van der Waals surface area contributed by atoms with Gasteiger partial charge in [0.25, 0.3) is 10.1 Å². The fourth-order valence-electron chi connectivity index (χ4n) is 1.70. The summed E-state index contributed by atoms with van der Waals surface area (Å²) < 4.78 is 35.9. The molecule has 1 aromatic rings. The van der Waals surface area contributed by atoms with E-state index in [1.165, 1.54) is 7.11 Å². The van der Waals surface area contributed by atoms with Crippen molar-refractivity contribution >= 4 is 39.3 Å². The van der Waals surface area contributed by atoms with Gasteiger partial charge in [-0.1, -0.05) is 11.6 Å². The largest absolute Gasteiger partial charge is 0.468 e. The van der Waals surface area contributed by atoms with Gasteiger partial charge in [-0.15, -0.1) is 0 Å². The van der Waals surface area contributed by atoms with E-state index in [-0.39, 0.29) is 23.6 Å². The number of benzene rings is 1. The highest BCUT2D eigenvalue weighted by atomic mass is 35.5. The van der Waals surface area contributed by atoms with Crippen molar-refractivity contribution in [2.45, 2.75) is 30.7 Å². The summed E-state index contributed by atoms with van der Waals surface area (Å²) in [5.74, 6) is -1.12. The van der Waals surface area contributed by atoms with Crippen LogP contribution in [-0.2, 0) is 24.4 Å². The Bertz CT molecular complexity index is 719. The number of anilines is 1. The Morgan fingerprint density at radius 2 is 2.04 bits per heavy atom. The maximum Gasteiger partial charge on any atom is 0.322 e. The van der Waals surface area contributed by atoms with Crippen molar-refractivity contribution in [2.75, 3.05) is 12.4 Å². The Hall–Kier alpha value is -1.68. The average Bonchev–Trinajstić information content (AvgIpc) is 2.47. The molecule has 23 heavy (non-hydrogen) atoms. The molecule has 0 heterocycles. The van der Waals surface area contributed by atoms with E-state index in [0.29, 0.717) is 5.56 Å². The summed E-state index contributed by atoms with van der Waals surface area (Å²) in [6.07, 6.45) is -0.0211. The van der Waals surface area contributed by atoms with Gasteiger partial charge in [0.1, 0.15) is 6.04 Å². The van der Waals surface area contributed by atoms with Crippen LogP contribution >= 0.6 is 11.6 Å². The number of esters is 1. The molecule has 0 saturated carbocycles. The highest BCUT2D eigenvalue weighted by molar-refractivity contribution is 7.85. The lowest BCUT2D eigenvalue weighted by atomic mass is 10.1. The van der Waals surface area contributed by atoms with Crippen molar-refractivity contribution in [3.8, 4) is 0 Å². The van der Waals surface area contributed by atoms with Gasteiger partial charge in [0.05, 0.1) is 12.0 Å². The number of halogens is 1. The molecule has 0 fully saturated rings. The molecule has 1 aromatic carbocycles. The van der Waals surface area contributed by atoms with Crippen molar-refractivity contribution in [3.63, 3.8) is 0 Å². The van der Waals surface area contributed by atoms with E-state index in [1.807, 2.05) is 0 Å². The number of amides is 1. The minimum absolute atomic E-state index is 0.0588. The van der Waals surface area contributed by atoms with E-state index in [1.54, 1.807) is 6.92 Å².